The number of carboxylic acid groups (broad SMARTS) is 1. The lowest BCUT2D eigenvalue weighted by Crippen LogP contribution is -2.54. The van der Waals surface area contributed by atoms with E-state index < -0.39 is 12.0 Å². The van der Waals surface area contributed by atoms with Crippen LogP contribution in [0, 0.1) is 0 Å². The molecule has 2 atom stereocenters. The molecule has 0 aromatic rings. The molecular weight excluding hydrogens is 194 g/mol. The van der Waals surface area contributed by atoms with Crippen molar-refractivity contribution >= 4 is 5.97 Å². The highest BCUT2D eigenvalue weighted by Crippen LogP contribution is 2.10. The van der Waals surface area contributed by atoms with Gasteiger partial charge in [0.1, 0.15) is 6.04 Å². The molecule has 15 heavy (non-hydrogen) atoms. The second-order valence-electron chi connectivity index (χ2n) is 4.25. The number of aliphatic carboxylic acids is 1. The van der Waals surface area contributed by atoms with Gasteiger partial charge in [0.05, 0.1) is 0 Å². The highest BCUT2D eigenvalue weighted by atomic mass is 16.4. The topological polar surface area (TPSA) is 69.8 Å². The molecule has 0 amide bonds. The summed E-state index contributed by atoms with van der Waals surface area (Å²) in [5.41, 5.74) is 5.51. The molecule has 1 rings (SSSR count). The molecule has 1 saturated heterocycles. The standard InChI is InChI=1S/C10H21N3O2/c1-3-8-6-13(5-4-12(8)2)7-9(11)10(14)15/h8-9H,3-7,11H2,1-2H3,(H,14,15). The summed E-state index contributed by atoms with van der Waals surface area (Å²) >= 11 is 0. The van der Waals surface area contributed by atoms with Crippen LogP contribution < -0.4 is 5.73 Å². The van der Waals surface area contributed by atoms with E-state index in [1.54, 1.807) is 0 Å². The molecule has 0 bridgehead atoms. The van der Waals surface area contributed by atoms with Crippen LogP contribution in [0.2, 0.25) is 0 Å². The second kappa shape index (κ2) is 5.44. The summed E-state index contributed by atoms with van der Waals surface area (Å²) in [6, 6.07) is -0.231. The molecule has 2 unspecified atom stereocenters. The van der Waals surface area contributed by atoms with Crippen molar-refractivity contribution in [2.75, 3.05) is 33.2 Å². The Morgan fingerprint density at radius 2 is 2.27 bits per heavy atom. The number of carboxylic acids is 1. The van der Waals surface area contributed by atoms with Gasteiger partial charge in [0.15, 0.2) is 0 Å². The number of hydrogen-bond acceptors (Lipinski definition) is 4. The van der Waals surface area contributed by atoms with Crippen LogP contribution in [0.1, 0.15) is 13.3 Å². The Hall–Kier alpha value is -0.650. The molecule has 0 aromatic heterocycles. The lowest BCUT2D eigenvalue weighted by Gasteiger charge is -2.39. The van der Waals surface area contributed by atoms with Crippen LogP contribution in [-0.2, 0) is 4.79 Å². The van der Waals surface area contributed by atoms with Gasteiger partial charge in [0, 0.05) is 32.2 Å². The Labute approximate surface area is 90.8 Å². The van der Waals surface area contributed by atoms with E-state index in [2.05, 4.69) is 23.8 Å². The van der Waals surface area contributed by atoms with Crippen LogP contribution in [0.15, 0.2) is 0 Å². The third-order valence-corrected chi connectivity index (χ3v) is 3.10. The van der Waals surface area contributed by atoms with E-state index in [1.807, 2.05) is 0 Å². The van der Waals surface area contributed by atoms with E-state index in [9.17, 15) is 4.79 Å². The van der Waals surface area contributed by atoms with Gasteiger partial charge in [0.25, 0.3) is 0 Å². The number of piperazine rings is 1. The Morgan fingerprint density at radius 1 is 1.60 bits per heavy atom. The maximum atomic E-state index is 10.6. The van der Waals surface area contributed by atoms with Crippen molar-refractivity contribution in [1.29, 1.82) is 0 Å². The van der Waals surface area contributed by atoms with Crippen molar-refractivity contribution in [1.82, 2.24) is 9.80 Å². The minimum absolute atomic E-state index is 0.458. The van der Waals surface area contributed by atoms with Gasteiger partial charge in [-0.1, -0.05) is 6.92 Å². The van der Waals surface area contributed by atoms with Gasteiger partial charge >= 0.3 is 5.97 Å². The van der Waals surface area contributed by atoms with E-state index >= 15 is 0 Å². The van der Waals surface area contributed by atoms with Crippen LogP contribution in [0.4, 0.5) is 0 Å². The Bertz CT molecular complexity index is 223. The third-order valence-electron chi connectivity index (χ3n) is 3.10. The largest absolute Gasteiger partial charge is 0.480 e. The average molecular weight is 215 g/mol. The van der Waals surface area contributed by atoms with Crippen molar-refractivity contribution in [2.24, 2.45) is 5.73 Å². The van der Waals surface area contributed by atoms with Crippen LogP contribution >= 0.6 is 0 Å². The number of hydrogen-bond donors (Lipinski definition) is 2. The van der Waals surface area contributed by atoms with Crippen molar-refractivity contribution in [3.05, 3.63) is 0 Å². The summed E-state index contributed by atoms with van der Waals surface area (Å²) in [6.07, 6.45) is 1.09. The fourth-order valence-corrected chi connectivity index (χ4v) is 1.97. The number of nitrogens with two attached hydrogens (primary N) is 1. The Kier molecular flexibility index (Phi) is 4.50. The maximum absolute atomic E-state index is 10.6. The zero-order valence-electron chi connectivity index (χ0n) is 9.52. The van der Waals surface area contributed by atoms with Gasteiger partial charge < -0.3 is 15.7 Å². The first-order chi connectivity index (χ1) is 7.04. The van der Waals surface area contributed by atoms with Gasteiger partial charge in [-0.25, -0.2) is 0 Å². The lowest BCUT2D eigenvalue weighted by atomic mass is 10.1. The quantitative estimate of drug-likeness (QED) is 0.657. The van der Waals surface area contributed by atoms with E-state index in [-0.39, 0.29) is 0 Å². The number of likely N-dealkylation sites (N-methyl/N-ethyl adjacent to an activating group) is 1. The minimum Gasteiger partial charge on any atom is -0.480 e. The lowest BCUT2D eigenvalue weighted by molar-refractivity contribution is -0.139. The smallest absolute Gasteiger partial charge is 0.321 e. The first-order valence-corrected chi connectivity index (χ1v) is 5.45. The van der Waals surface area contributed by atoms with Gasteiger partial charge in [0.2, 0.25) is 0 Å². The molecule has 0 radical (unpaired) electrons. The molecule has 88 valence electrons. The fourth-order valence-electron chi connectivity index (χ4n) is 1.97. The van der Waals surface area contributed by atoms with E-state index in [4.69, 9.17) is 10.8 Å². The fraction of sp³-hybridized carbons (Fsp3) is 0.900. The van der Waals surface area contributed by atoms with Crippen LogP contribution in [0.25, 0.3) is 0 Å². The van der Waals surface area contributed by atoms with Gasteiger partial charge in [-0.3, -0.25) is 9.69 Å². The minimum atomic E-state index is -0.915. The highest BCUT2D eigenvalue weighted by Gasteiger charge is 2.25. The molecule has 1 fully saturated rings. The molecule has 1 heterocycles. The monoisotopic (exact) mass is 215 g/mol. The third kappa shape index (κ3) is 3.44. The first kappa shape index (κ1) is 12.4. The SMILES string of the molecule is CCC1CN(CC(N)C(=O)O)CCN1C. The predicted molar refractivity (Wildman–Crippen MR) is 58.8 cm³/mol. The van der Waals surface area contributed by atoms with Crippen molar-refractivity contribution in [2.45, 2.75) is 25.4 Å². The van der Waals surface area contributed by atoms with E-state index in [0.29, 0.717) is 12.6 Å². The number of rotatable bonds is 4. The molecule has 5 nitrogen and oxygen atoms in total. The molecule has 1 aliphatic heterocycles. The zero-order chi connectivity index (χ0) is 11.4. The molecule has 5 heteroatoms. The summed E-state index contributed by atoms with van der Waals surface area (Å²) in [4.78, 5) is 15.1. The van der Waals surface area contributed by atoms with Crippen molar-refractivity contribution in [3.8, 4) is 0 Å². The maximum Gasteiger partial charge on any atom is 0.321 e. The zero-order valence-corrected chi connectivity index (χ0v) is 9.52. The summed E-state index contributed by atoms with van der Waals surface area (Å²) in [6.45, 7) is 5.44. The molecule has 1 aliphatic rings. The van der Waals surface area contributed by atoms with Crippen LogP contribution in [0.5, 0.6) is 0 Å². The summed E-state index contributed by atoms with van der Waals surface area (Å²) in [5, 5.41) is 8.73. The summed E-state index contributed by atoms with van der Waals surface area (Å²) < 4.78 is 0. The van der Waals surface area contributed by atoms with Crippen molar-refractivity contribution < 1.29 is 9.90 Å². The van der Waals surface area contributed by atoms with Gasteiger partial charge in [-0.2, -0.15) is 0 Å². The van der Waals surface area contributed by atoms with E-state index in [0.717, 1.165) is 26.1 Å². The molecule has 0 spiro atoms. The Balaban J connectivity index is 2.41. The Morgan fingerprint density at radius 3 is 2.80 bits per heavy atom. The first-order valence-electron chi connectivity index (χ1n) is 5.45. The molecule has 0 saturated carbocycles. The average Bonchev–Trinajstić information content (AvgIpc) is 2.20. The highest BCUT2D eigenvalue weighted by molar-refractivity contribution is 5.73. The van der Waals surface area contributed by atoms with Gasteiger partial charge in [-0.15, -0.1) is 0 Å². The summed E-state index contributed by atoms with van der Waals surface area (Å²) in [7, 11) is 2.11. The molecule has 0 aromatic carbocycles. The number of nitrogens with zero attached hydrogens (tertiary/aromatic N) is 2. The van der Waals surface area contributed by atoms with Crippen LogP contribution in [0.3, 0.4) is 0 Å². The predicted octanol–water partition coefficient (Wildman–Crippen LogP) is -0.576. The normalized spacial score (nSPS) is 26.5. The summed E-state index contributed by atoms with van der Waals surface area (Å²) in [5.74, 6) is -0.915. The van der Waals surface area contributed by atoms with E-state index in [1.165, 1.54) is 0 Å². The van der Waals surface area contributed by atoms with Gasteiger partial charge in [-0.05, 0) is 13.5 Å². The second-order valence-corrected chi connectivity index (χ2v) is 4.25. The molecular formula is C10H21N3O2. The van der Waals surface area contributed by atoms with Crippen LogP contribution in [-0.4, -0.2) is 66.2 Å². The van der Waals surface area contributed by atoms with Crippen molar-refractivity contribution in [3.63, 3.8) is 0 Å². The molecule has 0 aliphatic carbocycles. The molecule has 3 N–H and O–H groups in total. The number of carbonyl (C=O) groups is 1.